The van der Waals surface area contributed by atoms with Gasteiger partial charge in [0.05, 0.1) is 19.2 Å². The standard InChI is InChI=1S/C18H21N5O3S/c1-25-13-3-2-12(11-4-7-26-8-5-11)15-16(13)22-17(21-15)23-18(24)20-10-14-19-6-9-27-14/h2-3,6,9,11H,4-5,7-8,10H2,1H3,(H3,20,21,22,23,24). The molecule has 8 nitrogen and oxygen atoms in total. The molecule has 3 aromatic rings. The number of benzene rings is 1. The van der Waals surface area contributed by atoms with Gasteiger partial charge in [-0.1, -0.05) is 6.07 Å². The van der Waals surface area contributed by atoms with Gasteiger partial charge in [0.25, 0.3) is 0 Å². The summed E-state index contributed by atoms with van der Waals surface area (Å²) in [6.45, 7) is 1.89. The van der Waals surface area contributed by atoms with E-state index in [1.807, 2.05) is 11.4 Å². The number of H-pyrrole nitrogens is 1. The maximum atomic E-state index is 12.2. The van der Waals surface area contributed by atoms with Crippen LogP contribution in [0.2, 0.25) is 0 Å². The van der Waals surface area contributed by atoms with Gasteiger partial charge in [-0.2, -0.15) is 0 Å². The lowest BCUT2D eigenvalue weighted by molar-refractivity contribution is 0.0856. The number of fused-ring (bicyclic) bond motifs is 1. The van der Waals surface area contributed by atoms with E-state index >= 15 is 0 Å². The van der Waals surface area contributed by atoms with E-state index < -0.39 is 0 Å². The Morgan fingerprint density at radius 2 is 2.26 bits per heavy atom. The number of urea groups is 1. The van der Waals surface area contributed by atoms with Gasteiger partial charge in [-0.25, -0.2) is 14.8 Å². The molecule has 0 spiro atoms. The normalized spacial score (nSPS) is 15.0. The van der Waals surface area contributed by atoms with Gasteiger partial charge in [-0.05, 0) is 30.4 Å². The molecule has 27 heavy (non-hydrogen) atoms. The van der Waals surface area contributed by atoms with Crippen LogP contribution in [0.1, 0.15) is 29.3 Å². The second kappa shape index (κ2) is 7.93. The number of aromatic amines is 1. The SMILES string of the molecule is COc1ccc(C2CCOCC2)c2nc(NC(=O)NCc3nccs3)[nH]c12. The molecule has 0 saturated carbocycles. The zero-order chi connectivity index (χ0) is 18.6. The molecule has 4 rings (SSSR count). The van der Waals surface area contributed by atoms with E-state index in [0.717, 1.165) is 47.7 Å². The van der Waals surface area contributed by atoms with Crippen LogP contribution in [0.5, 0.6) is 5.75 Å². The largest absolute Gasteiger partial charge is 0.494 e. The Balaban J connectivity index is 1.55. The second-order valence-corrected chi connectivity index (χ2v) is 7.27. The maximum Gasteiger partial charge on any atom is 0.321 e. The lowest BCUT2D eigenvalue weighted by Gasteiger charge is -2.22. The number of methoxy groups -OCH3 is 1. The zero-order valence-electron chi connectivity index (χ0n) is 14.9. The number of hydrogen-bond donors (Lipinski definition) is 3. The summed E-state index contributed by atoms with van der Waals surface area (Å²) in [6, 6.07) is 3.66. The Hall–Kier alpha value is -2.65. The molecule has 0 unspecified atom stereocenters. The van der Waals surface area contributed by atoms with Crippen LogP contribution in [0.3, 0.4) is 0 Å². The smallest absolute Gasteiger partial charge is 0.321 e. The van der Waals surface area contributed by atoms with Crippen molar-refractivity contribution < 1.29 is 14.3 Å². The minimum absolute atomic E-state index is 0.337. The van der Waals surface area contributed by atoms with Crippen molar-refractivity contribution in [2.45, 2.75) is 25.3 Å². The van der Waals surface area contributed by atoms with Crippen LogP contribution in [0.15, 0.2) is 23.7 Å². The molecule has 0 bridgehead atoms. The predicted octanol–water partition coefficient (Wildman–Crippen LogP) is 3.24. The number of ether oxygens (including phenoxy) is 2. The van der Waals surface area contributed by atoms with E-state index in [0.29, 0.717) is 24.2 Å². The summed E-state index contributed by atoms with van der Waals surface area (Å²) in [5, 5.41) is 8.25. The van der Waals surface area contributed by atoms with Crippen molar-refractivity contribution in [3.63, 3.8) is 0 Å². The van der Waals surface area contributed by atoms with Gasteiger partial charge >= 0.3 is 6.03 Å². The first-order valence-corrected chi connectivity index (χ1v) is 9.70. The third kappa shape index (κ3) is 3.88. The fourth-order valence-electron chi connectivity index (χ4n) is 3.30. The number of imidazole rings is 1. The molecular formula is C18H21N5O3S. The Morgan fingerprint density at radius 3 is 3.00 bits per heavy atom. The highest BCUT2D eigenvalue weighted by Gasteiger charge is 2.22. The summed E-state index contributed by atoms with van der Waals surface area (Å²) in [7, 11) is 1.62. The Kier molecular flexibility index (Phi) is 5.21. The van der Waals surface area contributed by atoms with Crippen molar-refractivity contribution in [3.8, 4) is 5.75 Å². The van der Waals surface area contributed by atoms with Crippen molar-refractivity contribution in [1.29, 1.82) is 0 Å². The molecule has 1 aliphatic heterocycles. The van der Waals surface area contributed by atoms with Gasteiger partial charge in [-0.3, -0.25) is 5.32 Å². The monoisotopic (exact) mass is 387 g/mol. The summed E-state index contributed by atoms with van der Waals surface area (Å²) in [4.78, 5) is 24.1. The van der Waals surface area contributed by atoms with Crippen molar-refractivity contribution >= 4 is 34.3 Å². The summed E-state index contributed by atoms with van der Waals surface area (Å²) in [5.74, 6) is 1.48. The van der Waals surface area contributed by atoms with Crippen LogP contribution < -0.4 is 15.4 Å². The van der Waals surface area contributed by atoms with Crippen LogP contribution in [0.4, 0.5) is 10.7 Å². The number of anilines is 1. The average molecular weight is 387 g/mol. The van der Waals surface area contributed by atoms with Crippen LogP contribution in [-0.4, -0.2) is 41.3 Å². The predicted molar refractivity (Wildman–Crippen MR) is 103 cm³/mol. The number of carbonyl (C=O) groups is 1. The summed E-state index contributed by atoms with van der Waals surface area (Å²) in [5.41, 5.74) is 2.77. The summed E-state index contributed by atoms with van der Waals surface area (Å²) >= 11 is 1.49. The molecule has 2 aromatic heterocycles. The quantitative estimate of drug-likeness (QED) is 0.624. The number of hydrogen-bond acceptors (Lipinski definition) is 6. The number of thiazole rings is 1. The van der Waals surface area contributed by atoms with Gasteiger partial charge in [-0.15, -0.1) is 11.3 Å². The van der Waals surface area contributed by atoms with E-state index in [2.05, 4.69) is 31.7 Å². The number of nitrogens with zero attached hydrogens (tertiary/aromatic N) is 2. The molecule has 3 N–H and O–H groups in total. The minimum atomic E-state index is -0.337. The van der Waals surface area contributed by atoms with E-state index in [-0.39, 0.29) is 6.03 Å². The topological polar surface area (TPSA) is 101 Å². The lowest BCUT2D eigenvalue weighted by atomic mass is 9.90. The first kappa shape index (κ1) is 17.7. The zero-order valence-corrected chi connectivity index (χ0v) is 15.8. The molecular weight excluding hydrogens is 366 g/mol. The number of rotatable bonds is 5. The van der Waals surface area contributed by atoms with E-state index in [4.69, 9.17) is 9.47 Å². The highest BCUT2D eigenvalue weighted by atomic mass is 32.1. The molecule has 0 atom stereocenters. The number of carbonyl (C=O) groups excluding carboxylic acids is 1. The molecule has 9 heteroatoms. The van der Waals surface area contributed by atoms with Gasteiger partial charge in [0.15, 0.2) is 0 Å². The molecule has 0 aliphatic carbocycles. The van der Waals surface area contributed by atoms with Crippen molar-refractivity contribution in [2.24, 2.45) is 0 Å². The van der Waals surface area contributed by atoms with Crippen molar-refractivity contribution in [2.75, 3.05) is 25.6 Å². The molecule has 1 aliphatic rings. The number of nitrogens with one attached hydrogen (secondary N) is 3. The van der Waals surface area contributed by atoms with E-state index in [1.54, 1.807) is 13.3 Å². The van der Waals surface area contributed by atoms with E-state index in [9.17, 15) is 4.79 Å². The van der Waals surface area contributed by atoms with Gasteiger partial charge < -0.3 is 19.8 Å². The van der Waals surface area contributed by atoms with E-state index in [1.165, 1.54) is 11.3 Å². The first-order valence-electron chi connectivity index (χ1n) is 8.82. The average Bonchev–Trinajstić information content (AvgIpc) is 3.36. The van der Waals surface area contributed by atoms with Gasteiger partial charge in [0.1, 0.15) is 16.3 Å². The first-order chi connectivity index (χ1) is 13.2. The minimum Gasteiger partial charge on any atom is -0.494 e. The Labute approximate surface area is 160 Å². The molecule has 2 amide bonds. The lowest BCUT2D eigenvalue weighted by Crippen LogP contribution is -2.28. The number of amides is 2. The van der Waals surface area contributed by atoms with Crippen LogP contribution >= 0.6 is 11.3 Å². The van der Waals surface area contributed by atoms with Crippen molar-refractivity contribution in [1.82, 2.24) is 20.3 Å². The Bertz CT molecular complexity index is 919. The molecule has 1 aromatic carbocycles. The molecule has 1 fully saturated rings. The highest BCUT2D eigenvalue weighted by Crippen LogP contribution is 2.35. The molecule has 3 heterocycles. The summed E-state index contributed by atoms with van der Waals surface area (Å²) in [6.07, 6.45) is 3.64. The molecule has 1 saturated heterocycles. The Morgan fingerprint density at radius 1 is 1.41 bits per heavy atom. The molecule has 142 valence electrons. The van der Waals surface area contributed by atoms with Crippen molar-refractivity contribution in [3.05, 3.63) is 34.3 Å². The number of aromatic nitrogens is 3. The van der Waals surface area contributed by atoms with Crippen LogP contribution in [0, 0.1) is 0 Å². The van der Waals surface area contributed by atoms with Gasteiger partial charge in [0, 0.05) is 24.8 Å². The fourth-order valence-corrected chi connectivity index (χ4v) is 3.86. The third-order valence-electron chi connectivity index (χ3n) is 4.63. The van der Waals surface area contributed by atoms with Gasteiger partial charge in [0.2, 0.25) is 5.95 Å². The van der Waals surface area contributed by atoms with Crippen LogP contribution in [-0.2, 0) is 11.3 Å². The van der Waals surface area contributed by atoms with Crippen LogP contribution in [0.25, 0.3) is 11.0 Å². The molecule has 0 radical (unpaired) electrons. The summed E-state index contributed by atoms with van der Waals surface area (Å²) < 4.78 is 10.9. The highest BCUT2D eigenvalue weighted by molar-refractivity contribution is 7.09. The fraction of sp³-hybridized carbons (Fsp3) is 0.389. The maximum absolute atomic E-state index is 12.2. The third-order valence-corrected chi connectivity index (χ3v) is 5.41. The second-order valence-electron chi connectivity index (χ2n) is 6.29.